The molecule has 1 saturated carbocycles. The highest BCUT2D eigenvalue weighted by Crippen LogP contribution is 2.32. The van der Waals surface area contributed by atoms with Gasteiger partial charge in [-0.1, -0.05) is 38.2 Å². The van der Waals surface area contributed by atoms with Crippen LogP contribution in [-0.4, -0.2) is 46.5 Å². The summed E-state index contributed by atoms with van der Waals surface area (Å²) in [5.74, 6) is -0.559. The van der Waals surface area contributed by atoms with E-state index in [1.54, 1.807) is 0 Å². The lowest BCUT2D eigenvalue weighted by Gasteiger charge is -2.39. The van der Waals surface area contributed by atoms with Crippen LogP contribution in [0.25, 0.3) is 0 Å². The third kappa shape index (κ3) is 5.25. The van der Waals surface area contributed by atoms with Gasteiger partial charge < -0.3 is 20.1 Å². The first kappa shape index (κ1) is 22.6. The van der Waals surface area contributed by atoms with E-state index in [0.29, 0.717) is 13.0 Å². The van der Waals surface area contributed by atoms with E-state index in [1.807, 2.05) is 18.2 Å². The number of carboxylic acids is 1. The van der Waals surface area contributed by atoms with Crippen molar-refractivity contribution in [2.75, 3.05) is 6.61 Å². The van der Waals surface area contributed by atoms with Crippen molar-refractivity contribution in [2.45, 2.75) is 89.3 Å². The second-order valence-corrected chi connectivity index (χ2v) is 9.41. The van der Waals surface area contributed by atoms with E-state index in [1.165, 1.54) is 4.90 Å². The Labute approximate surface area is 189 Å². The maximum Gasteiger partial charge on any atom is 0.326 e. The van der Waals surface area contributed by atoms with Gasteiger partial charge in [0.05, 0.1) is 6.61 Å². The number of carboxylic acid groups (broad SMARTS) is 1. The molecule has 1 aliphatic carbocycles. The fourth-order valence-electron chi connectivity index (χ4n) is 5.31. The van der Waals surface area contributed by atoms with Crippen molar-refractivity contribution in [1.82, 2.24) is 10.2 Å². The maximum atomic E-state index is 13.8. The predicted octanol–water partition coefficient (Wildman–Crippen LogP) is 3.43. The molecule has 4 rings (SSSR count). The van der Waals surface area contributed by atoms with Crippen LogP contribution in [0.4, 0.5) is 0 Å². The molecule has 2 N–H and O–H groups in total. The molecule has 174 valence electrons. The molecular weight excluding hydrogens is 408 g/mol. The number of hydrogen-bond donors (Lipinski definition) is 2. The highest BCUT2D eigenvalue weighted by molar-refractivity contribution is 5.91. The molecule has 7 heteroatoms. The van der Waals surface area contributed by atoms with Crippen LogP contribution in [0.15, 0.2) is 18.2 Å². The van der Waals surface area contributed by atoms with Crippen LogP contribution in [0.1, 0.15) is 75.3 Å². The van der Waals surface area contributed by atoms with Gasteiger partial charge in [0.2, 0.25) is 11.8 Å². The largest absolute Gasteiger partial charge is 0.494 e. The zero-order valence-corrected chi connectivity index (χ0v) is 18.7. The Bertz CT molecular complexity index is 849. The lowest BCUT2D eigenvalue weighted by Crippen LogP contribution is -2.58. The standard InChI is InChI=1S/C25H34N2O5/c28-22-10-6-1-2-7-13-32-20-12-11-18-15-21(25(30)31)27(16-19(18)14-20)24(29)23(26-22)17-8-4-3-5-9-17/h11-12,14,17,21,23H,1-10,13,15-16H2,(H,26,28)(H,30,31)/t21-,23?/m0/s1. The summed E-state index contributed by atoms with van der Waals surface area (Å²) in [5, 5.41) is 12.9. The van der Waals surface area contributed by atoms with Crippen molar-refractivity contribution >= 4 is 17.8 Å². The molecule has 0 spiro atoms. The molecule has 3 bridgehead atoms. The molecule has 0 radical (unpaired) electrons. The first-order valence-corrected chi connectivity index (χ1v) is 12.1. The highest BCUT2D eigenvalue weighted by Gasteiger charge is 2.40. The Morgan fingerprint density at radius 3 is 2.53 bits per heavy atom. The molecule has 7 nitrogen and oxygen atoms in total. The molecule has 32 heavy (non-hydrogen) atoms. The minimum absolute atomic E-state index is 0.0598. The number of hydrogen-bond acceptors (Lipinski definition) is 4. The summed E-state index contributed by atoms with van der Waals surface area (Å²) < 4.78 is 5.90. The second-order valence-electron chi connectivity index (χ2n) is 9.41. The lowest BCUT2D eigenvalue weighted by atomic mass is 9.82. The van der Waals surface area contributed by atoms with Gasteiger partial charge in [0.15, 0.2) is 0 Å². The Hall–Kier alpha value is -2.57. The minimum atomic E-state index is -1.01. The molecule has 0 saturated heterocycles. The smallest absolute Gasteiger partial charge is 0.326 e. The summed E-state index contributed by atoms with van der Waals surface area (Å²) in [6.07, 6.45) is 9.29. The first-order chi connectivity index (χ1) is 15.5. The number of benzene rings is 1. The lowest BCUT2D eigenvalue weighted by molar-refractivity contribution is -0.153. The molecule has 1 fully saturated rings. The number of fused-ring (bicyclic) bond motifs is 2. The van der Waals surface area contributed by atoms with Gasteiger partial charge >= 0.3 is 5.97 Å². The van der Waals surface area contributed by atoms with E-state index in [-0.39, 0.29) is 30.7 Å². The summed E-state index contributed by atoms with van der Waals surface area (Å²) in [5.41, 5.74) is 1.86. The van der Waals surface area contributed by atoms with Crippen molar-refractivity contribution in [3.05, 3.63) is 29.3 Å². The monoisotopic (exact) mass is 442 g/mol. The Balaban J connectivity index is 1.66. The van der Waals surface area contributed by atoms with E-state index >= 15 is 0 Å². The molecule has 3 aliphatic rings. The molecule has 2 heterocycles. The van der Waals surface area contributed by atoms with Gasteiger partial charge in [0.1, 0.15) is 17.8 Å². The SMILES string of the molecule is O=C1CCCCCCOc2ccc3c(c2)CN(C(=O)C(C2CCCCC2)N1)[C@H](C(=O)O)C3. The first-order valence-electron chi connectivity index (χ1n) is 12.1. The maximum absolute atomic E-state index is 13.8. The number of nitrogens with one attached hydrogen (secondary N) is 1. The normalized spacial score (nSPS) is 25.8. The van der Waals surface area contributed by atoms with Gasteiger partial charge in [-0.05, 0) is 54.9 Å². The summed E-state index contributed by atoms with van der Waals surface area (Å²) in [7, 11) is 0. The van der Waals surface area contributed by atoms with Gasteiger partial charge in [-0.2, -0.15) is 0 Å². The zero-order chi connectivity index (χ0) is 22.5. The Morgan fingerprint density at radius 2 is 1.75 bits per heavy atom. The van der Waals surface area contributed by atoms with E-state index < -0.39 is 18.1 Å². The van der Waals surface area contributed by atoms with Crippen molar-refractivity contribution in [1.29, 1.82) is 0 Å². The van der Waals surface area contributed by atoms with E-state index in [9.17, 15) is 19.5 Å². The molecular formula is C25H34N2O5. The van der Waals surface area contributed by atoms with Crippen LogP contribution in [0.2, 0.25) is 0 Å². The van der Waals surface area contributed by atoms with Gasteiger partial charge in [-0.3, -0.25) is 9.59 Å². The summed E-state index contributed by atoms with van der Waals surface area (Å²) in [6, 6.07) is 4.17. The molecule has 2 aliphatic heterocycles. The van der Waals surface area contributed by atoms with Gasteiger partial charge in [0, 0.05) is 19.4 Å². The van der Waals surface area contributed by atoms with Crippen LogP contribution < -0.4 is 10.1 Å². The number of amides is 2. The second kappa shape index (κ2) is 10.4. The van der Waals surface area contributed by atoms with Crippen molar-refractivity contribution in [2.24, 2.45) is 5.92 Å². The fraction of sp³-hybridized carbons (Fsp3) is 0.640. The number of rotatable bonds is 2. The molecule has 2 atom stereocenters. The molecule has 1 unspecified atom stereocenters. The molecule has 1 aromatic rings. The highest BCUT2D eigenvalue weighted by atomic mass is 16.5. The summed E-state index contributed by atoms with van der Waals surface area (Å²) >= 11 is 0. The molecule has 0 aromatic heterocycles. The molecule has 1 aromatic carbocycles. The van der Waals surface area contributed by atoms with Gasteiger partial charge in [-0.15, -0.1) is 0 Å². The third-order valence-corrected chi connectivity index (χ3v) is 7.15. The predicted molar refractivity (Wildman–Crippen MR) is 119 cm³/mol. The van der Waals surface area contributed by atoms with Crippen LogP contribution in [0.3, 0.4) is 0 Å². The molecule has 2 amide bonds. The number of aliphatic carboxylic acids is 1. The van der Waals surface area contributed by atoms with Gasteiger partial charge in [-0.25, -0.2) is 4.79 Å². The van der Waals surface area contributed by atoms with Crippen LogP contribution in [-0.2, 0) is 27.3 Å². The van der Waals surface area contributed by atoms with E-state index in [0.717, 1.165) is 74.7 Å². The van der Waals surface area contributed by atoms with Crippen molar-refractivity contribution in [3.8, 4) is 5.75 Å². The summed E-state index contributed by atoms with van der Waals surface area (Å²) in [4.78, 5) is 40.1. The zero-order valence-electron chi connectivity index (χ0n) is 18.7. The van der Waals surface area contributed by atoms with E-state index in [2.05, 4.69) is 5.32 Å². The summed E-state index contributed by atoms with van der Waals surface area (Å²) in [6.45, 7) is 0.830. The van der Waals surface area contributed by atoms with Crippen LogP contribution >= 0.6 is 0 Å². The minimum Gasteiger partial charge on any atom is -0.494 e. The topological polar surface area (TPSA) is 95.9 Å². The third-order valence-electron chi connectivity index (χ3n) is 7.15. The van der Waals surface area contributed by atoms with Crippen LogP contribution in [0.5, 0.6) is 5.75 Å². The van der Waals surface area contributed by atoms with Crippen molar-refractivity contribution in [3.63, 3.8) is 0 Å². The number of ether oxygens (including phenoxy) is 1. The number of carbonyl (C=O) groups is 3. The van der Waals surface area contributed by atoms with Crippen LogP contribution in [0, 0.1) is 5.92 Å². The average Bonchev–Trinajstić information content (AvgIpc) is 2.80. The Morgan fingerprint density at radius 1 is 1.00 bits per heavy atom. The number of nitrogens with zero attached hydrogens (tertiary/aromatic N) is 1. The Kier molecular flexibility index (Phi) is 7.33. The number of carbonyl (C=O) groups excluding carboxylic acids is 2. The van der Waals surface area contributed by atoms with Crippen molar-refractivity contribution < 1.29 is 24.2 Å². The van der Waals surface area contributed by atoms with Gasteiger partial charge in [0.25, 0.3) is 0 Å². The average molecular weight is 443 g/mol. The fourth-order valence-corrected chi connectivity index (χ4v) is 5.31. The quantitative estimate of drug-likeness (QED) is 0.732. The van der Waals surface area contributed by atoms with E-state index in [4.69, 9.17) is 4.74 Å².